The Hall–Kier alpha value is -2.01. The van der Waals surface area contributed by atoms with E-state index >= 15 is 0 Å². The van der Waals surface area contributed by atoms with Gasteiger partial charge in [-0.2, -0.15) is 0 Å². The highest BCUT2D eigenvalue weighted by atomic mass is 32.2. The molecule has 3 N–H and O–H groups in total. The first-order valence-electron chi connectivity index (χ1n) is 5.63. The molecule has 19 heavy (non-hydrogen) atoms. The second kappa shape index (κ2) is 5.75. The Kier molecular flexibility index (Phi) is 4.06. The lowest BCUT2D eigenvalue weighted by Gasteiger charge is -2.11. The van der Waals surface area contributed by atoms with Crippen molar-refractivity contribution in [3.63, 3.8) is 0 Å². The Morgan fingerprint density at radius 3 is 2.63 bits per heavy atom. The number of nitrogens with two attached hydrogens (primary N) is 1. The number of rotatable bonds is 3. The van der Waals surface area contributed by atoms with Crippen LogP contribution >= 0.6 is 11.8 Å². The normalized spacial score (nSPS) is 11.6. The van der Waals surface area contributed by atoms with Crippen LogP contribution in [0.15, 0.2) is 57.4 Å². The topological polar surface area (TPSA) is 58.6 Å². The first-order chi connectivity index (χ1) is 9.13. The summed E-state index contributed by atoms with van der Waals surface area (Å²) in [4.78, 5) is 1.28. The summed E-state index contributed by atoms with van der Waals surface area (Å²) in [6, 6.07) is 12.0. The summed E-state index contributed by atoms with van der Waals surface area (Å²) in [5.74, 6) is -0.274. The highest BCUT2D eigenvalue weighted by Crippen LogP contribution is 2.34. The molecule has 2 rings (SSSR count). The van der Waals surface area contributed by atoms with Crippen molar-refractivity contribution in [2.24, 2.45) is 10.9 Å². The molecule has 0 aliphatic heterocycles. The van der Waals surface area contributed by atoms with Gasteiger partial charge >= 0.3 is 0 Å². The molecule has 0 fully saturated rings. The smallest absolute Gasteiger partial charge is 0.171 e. The number of amidine groups is 1. The molecule has 3 nitrogen and oxygen atoms in total. The lowest BCUT2D eigenvalue weighted by molar-refractivity contribution is 0.318. The Morgan fingerprint density at radius 2 is 1.95 bits per heavy atom. The largest absolute Gasteiger partial charge is 0.409 e. The zero-order valence-corrected chi connectivity index (χ0v) is 11.1. The molecule has 0 heterocycles. The molecule has 0 aliphatic rings. The van der Waals surface area contributed by atoms with Crippen LogP contribution in [-0.2, 0) is 0 Å². The second-order valence-electron chi connectivity index (χ2n) is 3.97. The molecule has 0 bridgehead atoms. The maximum absolute atomic E-state index is 13.7. The fourth-order valence-electron chi connectivity index (χ4n) is 1.68. The minimum atomic E-state index is -0.291. The zero-order valence-electron chi connectivity index (χ0n) is 10.3. The van der Waals surface area contributed by atoms with Gasteiger partial charge in [0.1, 0.15) is 5.82 Å². The number of hydrogen-bond donors (Lipinski definition) is 2. The van der Waals surface area contributed by atoms with Gasteiger partial charge in [-0.25, -0.2) is 4.39 Å². The van der Waals surface area contributed by atoms with Crippen molar-refractivity contribution in [1.82, 2.24) is 0 Å². The first kappa shape index (κ1) is 13.4. The lowest BCUT2D eigenvalue weighted by Crippen LogP contribution is -2.14. The molecule has 2 aromatic rings. The van der Waals surface area contributed by atoms with Crippen molar-refractivity contribution < 1.29 is 9.60 Å². The van der Waals surface area contributed by atoms with Crippen LogP contribution in [0.1, 0.15) is 11.1 Å². The summed E-state index contributed by atoms with van der Waals surface area (Å²) in [5.41, 5.74) is 7.18. The second-order valence-corrected chi connectivity index (χ2v) is 5.02. The Balaban J connectivity index is 2.48. The van der Waals surface area contributed by atoms with E-state index < -0.39 is 0 Å². The third-order valence-electron chi connectivity index (χ3n) is 2.64. The molecule has 0 aromatic heterocycles. The van der Waals surface area contributed by atoms with Crippen molar-refractivity contribution in [2.75, 3.05) is 0 Å². The van der Waals surface area contributed by atoms with Gasteiger partial charge in [0.05, 0.1) is 0 Å². The quantitative estimate of drug-likeness (QED) is 0.391. The van der Waals surface area contributed by atoms with E-state index in [0.29, 0.717) is 10.5 Å². The van der Waals surface area contributed by atoms with Gasteiger partial charge < -0.3 is 10.9 Å². The molecule has 0 saturated heterocycles. The van der Waals surface area contributed by atoms with Gasteiger partial charge in [-0.3, -0.25) is 0 Å². The Labute approximate surface area is 114 Å². The Bertz CT molecular complexity index is 629. The molecule has 0 spiro atoms. The molecule has 2 aromatic carbocycles. The highest BCUT2D eigenvalue weighted by Gasteiger charge is 2.12. The summed E-state index contributed by atoms with van der Waals surface area (Å²) in [5, 5.41) is 11.8. The number of aryl methyl sites for hydroxylation is 1. The van der Waals surface area contributed by atoms with Crippen LogP contribution < -0.4 is 5.73 Å². The van der Waals surface area contributed by atoms with Crippen LogP contribution in [0.25, 0.3) is 0 Å². The molecule has 0 radical (unpaired) electrons. The number of nitrogens with zero attached hydrogens (tertiary/aromatic N) is 1. The molecule has 98 valence electrons. The molecule has 5 heteroatoms. The van der Waals surface area contributed by atoms with Gasteiger partial charge in [-0.05, 0) is 30.7 Å². The van der Waals surface area contributed by atoms with Gasteiger partial charge in [0.15, 0.2) is 5.84 Å². The maximum Gasteiger partial charge on any atom is 0.171 e. The third-order valence-corrected chi connectivity index (χ3v) is 3.94. The molecule has 0 amide bonds. The Morgan fingerprint density at radius 1 is 1.21 bits per heavy atom. The van der Waals surface area contributed by atoms with Crippen LogP contribution in [0.2, 0.25) is 0 Å². The molecule has 0 saturated carbocycles. The summed E-state index contributed by atoms with van der Waals surface area (Å²) >= 11 is 1.26. The van der Waals surface area contributed by atoms with Crippen LogP contribution in [0.4, 0.5) is 4.39 Å². The number of halogens is 1. The monoisotopic (exact) mass is 276 g/mol. The van der Waals surface area contributed by atoms with E-state index in [9.17, 15) is 4.39 Å². The predicted molar refractivity (Wildman–Crippen MR) is 74.2 cm³/mol. The molecule has 0 aliphatic carbocycles. The van der Waals surface area contributed by atoms with E-state index in [1.807, 2.05) is 19.1 Å². The molecular formula is C14H13FN2OS. The van der Waals surface area contributed by atoms with Crippen LogP contribution in [-0.4, -0.2) is 11.0 Å². The fraction of sp³-hybridized carbons (Fsp3) is 0.0714. The van der Waals surface area contributed by atoms with E-state index in [-0.39, 0.29) is 11.7 Å². The first-order valence-corrected chi connectivity index (χ1v) is 6.45. The van der Waals surface area contributed by atoms with E-state index in [4.69, 9.17) is 10.9 Å². The van der Waals surface area contributed by atoms with Gasteiger partial charge in [0, 0.05) is 15.4 Å². The van der Waals surface area contributed by atoms with Gasteiger partial charge in [-0.1, -0.05) is 41.2 Å². The SMILES string of the molecule is Cc1cccc(/C(N)=N/O)c1Sc1ccccc1F. The zero-order chi connectivity index (χ0) is 13.8. The van der Waals surface area contributed by atoms with E-state index in [1.54, 1.807) is 24.3 Å². The number of hydrogen-bond acceptors (Lipinski definition) is 3. The molecule has 0 unspecified atom stereocenters. The standard InChI is InChI=1S/C14H13FN2OS/c1-9-5-4-6-10(14(16)17-18)13(9)19-12-8-3-2-7-11(12)15/h2-8,18H,1H3,(H2,16,17). The maximum atomic E-state index is 13.7. The van der Waals surface area contributed by atoms with Crippen molar-refractivity contribution in [3.05, 3.63) is 59.4 Å². The van der Waals surface area contributed by atoms with E-state index in [0.717, 1.165) is 10.5 Å². The average molecular weight is 276 g/mol. The van der Waals surface area contributed by atoms with Gasteiger partial charge in [-0.15, -0.1) is 0 Å². The van der Waals surface area contributed by atoms with Crippen molar-refractivity contribution in [3.8, 4) is 0 Å². The highest BCUT2D eigenvalue weighted by molar-refractivity contribution is 7.99. The van der Waals surface area contributed by atoms with Crippen molar-refractivity contribution in [1.29, 1.82) is 0 Å². The van der Waals surface area contributed by atoms with Crippen molar-refractivity contribution in [2.45, 2.75) is 16.7 Å². The minimum absolute atomic E-state index is 0.0162. The lowest BCUT2D eigenvalue weighted by atomic mass is 10.1. The van der Waals surface area contributed by atoms with Crippen LogP contribution in [0, 0.1) is 12.7 Å². The molecule has 0 atom stereocenters. The van der Waals surface area contributed by atoms with Crippen molar-refractivity contribution >= 4 is 17.6 Å². The van der Waals surface area contributed by atoms with E-state index in [1.165, 1.54) is 17.8 Å². The molecular weight excluding hydrogens is 263 g/mol. The van der Waals surface area contributed by atoms with E-state index in [2.05, 4.69) is 5.16 Å². The average Bonchev–Trinajstić information content (AvgIpc) is 2.42. The minimum Gasteiger partial charge on any atom is -0.409 e. The number of benzene rings is 2. The predicted octanol–water partition coefficient (Wildman–Crippen LogP) is 3.38. The number of oxime groups is 1. The van der Waals surface area contributed by atoms with Crippen LogP contribution in [0.5, 0.6) is 0 Å². The van der Waals surface area contributed by atoms with Gasteiger partial charge in [0.25, 0.3) is 0 Å². The summed E-state index contributed by atoms with van der Waals surface area (Å²) in [6.45, 7) is 1.90. The van der Waals surface area contributed by atoms with Gasteiger partial charge in [0.2, 0.25) is 0 Å². The fourth-order valence-corrected chi connectivity index (χ4v) is 2.72. The summed E-state index contributed by atoms with van der Waals surface area (Å²) in [6.07, 6.45) is 0. The summed E-state index contributed by atoms with van der Waals surface area (Å²) in [7, 11) is 0. The summed E-state index contributed by atoms with van der Waals surface area (Å²) < 4.78 is 13.7. The third kappa shape index (κ3) is 2.88. The van der Waals surface area contributed by atoms with Crippen LogP contribution in [0.3, 0.4) is 0 Å².